The Balaban J connectivity index is 0. The van der Waals surface area contributed by atoms with Crippen molar-refractivity contribution in [1.82, 2.24) is 0 Å². The summed E-state index contributed by atoms with van der Waals surface area (Å²) in [5, 5.41) is 0. The molecule has 0 atom stereocenters. The van der Waals surface area contributed by atoms with E-state index in [0.717, 1.165) is 12.4 Å². The Kier molecular flexibility index (Phi) is 24.5. The zero-order valence-corrected chi connectivity index (χ0v) is 20.7. The van der Waals surface area contributed by atoms with Crippen LogP contribution in [-0.4, -0.2) is 37.0 Å². The Labute approximate surface area is 182 Å². The summed E-state index contributed by atoms with van der Waals surface area (Å²) in [6.45, 7) is 8.40. The second-order valence-corrected chi connectivity index (χ2v) is 8.81. The number of halogens is 2. The molecule has 0 radical (unpaired) electrons. The first-order valence-corrected chi connectivity index (χ1v) is 12.1. The summed E-state index contributed by atoms with van der Waals surface area (Å²) in [4.78, 5) is 0. The van der Waals surface area contributed by atoms with Gasteiger partial charge in [-0.15, -0.1) is 11.6 Å². The molecule has 0 aliphatic carbocycles. The third-order valence-corrected chi connectivity index (χ3v) is 5.90. The highest BCUT2D eigenvalue weighted by Gasteiger charge is 2.19. The van der Waals surface area contributed by atoms with Gasteiger partial charge in [0.2, 0.25) is 0 Å². The molecule has 160 valence electrons. The van der Waals surface area contributed by atoms with E-state index < -0.39 is 0 Å². The largest absolute Gasteiger partial charge is 1.00 e. The van der Waals surface area contributed by atoms with E-state index in [1.165, 1.54) is 120 Å². The van der Waals surface area contributed by atoms with Crippen molar-refractivity contribution in [2.24, 2.45) is 0 Å². The first-order valence-electron chi connectivity index (χ1n) is 11.6. The zero-order chi connectivity index (χ0) is 18.6. The lowest BCUT2D eigenvalue weighted by atomic mass is 10.1. The van der Waals surface area contributed by atoms with Crippen molar-refractivity contribution in [3.05, 3.63) is 0 Å². The number of nitrogens with zero attached hydrogens (tertiary/aromatic N) is 1. The molecule has 0 aromatic carbocycles. The van der Waals surface area contributed by atoms with Gasteiger partial charge < -0.3 is 21.5 Å². The number of hydrogen-bond acceptors (Lipinski definition) is 0. The maximum absolute atomic E-state index is 6.09. The molecule has 0 aliphatic heterocycles. The van der Waals surface area contributed by atoms with E-state index >= 15 is 0 Å². The van der Waals surface area contributed by atoms with Crippen LogP contribution < -0.4 is 17.0 Å². The molecule has 0 heterocycles. The third kappa shape index (κ3) is 19.5. The molecule has 0 aromatic rings. The van der Waals surface area contributed by atoms with Gasteiger partial charge in [0.05, 0.1) is 32.6 Å². The lowest BCUT2D eigenvalue weighted by molar-refractivity contribution is -0.907. The Morgan fingerprint density at radius 1 is 0.500 bits per heavy atom. The SMILES string of the molecule is CCCCCCCCCC[N+](C)(CCCl)CCCCCCCCCC.[Br-]. The molecule has 0 spiro atoms. The molecule has 0 unspecified atom stereocenters. The van der Waals surface area contributed by atoms with E-state index in [1.54, 1.807) is 0 Å². The lowest BCUT2D eigenvalue weighted by Gasteiger charge is -2.34. The molecule has 0 amide bonds. The minimum Gasteiger partial charge on any atom is -1.00 e. The predicted octanol–water partition coefficient (Wildman–Crippen LogP) is 4.96. The van der Waals surface area contributed by atoms with Crippen molar-refractivity contribution in [3.63, 3.8) is 0 Å². The maximum Gasteiger partial charge on any atom is 0.0922 e. The van der Waals surface area contributed by atoms with Gasteiger partial charge in [-0.1, -0.05) is 90.9 Å². The molecule has 0 fully saturated rings. The van der Waals surface area contributed by atoms with E-state index in [1.807, 2.05) is 0 Å². The van der Waals surface area contributed by atoms with Gasteiger partial charge in [-0.3, -0.25) is 0 Å². The van der Waals surface area contributed by atoms with Gasteiger partial charge in [-0.25, -0.2) is 0 Å². The average Bonchev–Trinajstić information content (AvgIpc) is 2.60. The van der Waals surface area contributed by atoms with Crippen molar-refractivity contribution >= 4 is 11.6 Å². The molecule has 0 aliphatic rings. The fraction of sp³-hybridized carbons (Fsp3) is 1.00. The second-order valence-electron chi connectivity index (χ2n) is 8.43. The first kappa shape index (κ1) is 28.9. The Morgan fingerprint density at radius 3 is 1.12 bits per heavy atom. The van der Waals surface area contributed by atoms with Crippen molar-refractivity contribution in [2.75, 3.05) is 32.6 Å². The van der Waals surface area contributed by atoms with Gasteiger partial charge in [-0.05, 0) is 25.7 Å². The molecule has 0 aromatic heterocycles. The third-order valence-electron chi connectivity index (χ3n) is 5.73. The Morgan fingerprint density at radius 2 is 0.808 bits per heavy atom. The van der Waals surface area contributed by atoms with Crippen LogP contribution in [0.15, 0.2) is 0 Å². The van der Waals surface area contributed by atoms with Gasteiger partial charge in [0.25, 0.3) is 0 Å². The molecule has 0 N–H and O–H groups in total. The summed E-state index contributed by atoms with van der Waals surface area (Å²) >= 11 is 6.09. The summed E-state index contributed by atoms with van der Waals surface area (Å²) in [5.41, 5.74) is 0. The van der Waals surface area contributed by atoms with Gasteiger partial charge in [0.15, 0.2) is 0 Å². The minimum absolute atomic E-state index is 0. The van der Waals surface area contributed by atoms with Gasteiger partial charge >= 0.3 is 0 Å². The summed E-state index contributed by atoms with van der Waals surface area (Å²) in [7, 11) is 2.44. The van der Waals surface area contributed by atoms with Crippen molar-refractivity contribution in [2.45, 2.75) is 117 Å². The zero-order valence-electron chi connectivity index (χ0n) is 18.3. The van der Waals surface area contributed by atoms with Crippen LogP contribution in [0.1, 0.15) is 117 Å². The Bertz CT molecular complexity index is 241. The van der Waals surface area contributed by atoms with Crippen LogP contribution in [0.4, 0.5) is 0 Å². The standard InChI is InChI=1S/C23H49ClN.BrH/c1-4-6-8-10-12-14-16-18-21-25(3,23-20-24)22-19-17-15-13-11-9-7-5-2;/h4-23H2,1-3H3;1H/q+1;/p-1. The monoisotopic (exact) mass is 453 g/mol. The summed E-state index contributed by atoms with van der Waals surface area (Å²) in [6.07, 6.45) is 22.7. The number of unbranched alkanes of at least 4 members (excludes halogenated alkanes) is 14. The van der Waals surface area contributed by atoms with Gasteiger partial charge in [0, 0.05) is 0 Å². The average molecular weight is 455 g/mol. The van der Waals surface area contributed by atoms with Gasteiger partial charge in [-0.2, -0.15) is 0 Å². The lowest BCUT2D eigenvalue weighted by Crippen LogP contribution is -3.00. The first-order chi connectivity index (χ1) is 12.2. The highest BCUT2D eigenvalue weighted by atomic mass is 79.9. The molecular weight excluding hydrogens is 406 g/mol. The van der Waals surface area contributed by atoms with Crippen LogP contribution in [0.25, 0.3) is 0 Å². The quantitative estimate of drug-likeness (QED) is 0.139. The van der Waals surface area contributed by atoms with Crippen molar-refractivity contribution in [3.8, 4) is 0 Å². The maximum atomic E-state index is 6.09. The van der Waals surface area contributed by atoms with Crippen LogP contribution in [0, 0.1) is 0 Å². The predicted molar refractivity (Wildman–Crippen MR) is 117 cm³/mol. The van der Waals surface area contributed by atoms with Crippen LogP contribution in [0.5, 0.6) is 0 Å². The summed E-state index contributed by atoms with van der Waals surface area (Å²) < 4.78 is 1.20. The number of quaternary nitrogens is 1. The minimum atomic E-state index is 0. The molecule has 1 nitrogen and oxygen atoms in total. The van der Waals surface area contributed by atoms with E-state index in [2.05, 4.69) is 20.9 Å². The summed E-state index contributed by atoms with van der Waals surface area (Å²) in [5.74, 6) is 0.810. The normalized spacial score (nSPS) is 11.5. The van der Waals surface area contributed by atoms with Crippen LogP contribution in [-0.2, 0) is 0 Å². The van der Waals surface area contributed by atoms with E-state index in [9.17, 15) is 0 Å². The topological polar surface area (TPSA) is 0 Å². The van der Waals surface area contributed by atoms with E-state index in [-0.39, 0.29) is 17.0 Å². The van der Waals surface area contributed by atoms with E-state index in [4.69, 9.17) is 11.6 Å². The van der Waals surface area contributed by atoms with E-state index in [0.29, 0.717) is 0 Å². The van der Waals surface area contributed by atoms with Crippen LogP contribution in [0.2, 0.25) is 0 Å². The molecule has 26 heavy (non-hydrogen) atoms. The van der Waals surface area contributed by atoms with Crippen molar-refractivity contribution in [1.29, 1.82) is 0 Å². The Hall–Kier alpha value is 0.730. The smallest absolute Gasteiger partial charge is 0.0922 e. The van der Waals surface area contributed by atoms with Gasteiger partial charge in [0.1, 0.15) is 0 Å². The number of alkyl halides is 1. The molecule has 0 saturated carbocycles. The molecule has 0 rings (SSSR count). The molecule has 3 heteroatoms. The fourth-order valence-corrected chi connectivity index (χ4v) is 4.20. The summed E-state index contributed by atoms with van der Waals surface area (Å²) in [6, 6.07) is 0. The number of hydrogen-bond donors (Lipinski definition) is 0. The van der Waals surface area contributed by atoms with Crippen LogP contribution in [0.3, 0.4) is 0 Å². The van der Waals surface area contributed by atoms with Crippen molar-refractivity contribution < 1.29 is 21.5 Å². The highest BCUT2D eigenvalue weighted by Crippen LogP contribution is 2.14. The number of rotatable bonds is 20. The molecule has 0 bridgehead atoms. The van der Waals surface area contributed by atoms with Crippen LogP contribution >= 0.6 is 11.6 Å². The highest BCUT2D eigenvalue weighted by molar-refractivity contribution is 6.17. The molecule has 0 saturated heterocycles. The second kappa shape index (κ2) is 22.0. The molecular formula is C23H49BrClN. The fourth-order valence-electron chi connectivity index (χ4n) is 3.79.